The number of rotatable bonds is 9. The second-order valence-corrected chi connectivity index (χ2v) is 16.6. The lowest BCUT2D eigenvalue weighted by Crippen LogP contribution is -2.60. The molecule has 1 aliphatic carbocycles. The van der Waals surface area contributed by atoms with E-state index in [4.69, 9.17) is 23.2 Å². The normalized spacial score (nSPS) is 21.8. The standard InChI is InChI=1S/C41H49Cl2N5O5/c1-25-15-26(2)17-29(16-25)38(50)45-13-14-46(36(24-45)28-11-12-32(42)33(43)20-28)37(49)22-44-34-21-31-19-30(34)23-47(31)39(51)35(18-27-9-7-6-8-10-27)48(40(52)53)41(3,4)5/h6-12,15-17,20,30-31,34-36,44H,13-14,18-19,21-24H2,1-5H3,(H,52,53)/t30-,31-,34-,35?,36?/m1/s1. The van der Waals surface area contributed by atoms with Crippen molar-refractivity contribution in [2.75, 3.05) is 32.7 Å². The summed E-state index contributed by atoms with van der Waals surface area (Å²) in [5.41, 5.74) is 3.58. The minimum Gasteiger partial charge on any atom is -0.465 e. The summed E-state index contributed by atoms with van der Waals surface area (Å²) in [5.74, 6) is -0.195. The van der Waals surface area contributed by atoms with Gasteiger partial charge in [0.25, 0.3) is 5.91 Å². The molecule has 5 atom stereocenters. The van der Waals surface area contributed by atoms with Crippen molar-refractivity contribution >= 4 is 47.0 Å². The molecule has 2 unspecified atom stereocenters. The number of nitrogens with zero attached hydrogens (tertiary/aromatic N) is 4. The summed E-state index contributed by atoms with van der Waals surface area (Å²) in [6.45, 7) is 11.1. The maximum Gasteiger partial charge on any atom is 0.408 e. The number of fused-ring (bicyclic) bond motifs is 2. The Balaban J connectivity index is 1.13. The highest BCUT2D eigenvalue weighted by atomic mass is 35.5. The molecule has 10 nitrogen and oxygen atoms in total. The van der Waals surface area contributed by atoms with Gasteiger partial charge in [0.15, 0.2) is 0 Å². The van der Waals surface area contributed by atoms with Crippen LogP contribution >= 0.6 is 23.2 Å². The summed E-state index contributed by atoms with van der Waals surface area (Å²) in [6, 6.07) is 19.4. The van der Waals surface area contributed by atoms with Crippen molar-refractivity contribution in [1.29, 1.82) is 0 Å². The van der Waals surface area contributed by atoms with Crippen molar-refractivity contribution in [3.8, 4) is 0 Å². The molecule has 282 valence electrons. The Morgan fingerprint density at radius 2 is 1.58 bits per heavy atom. The maximum atomic E-state index is 14.2. The fourth-order valence-corrected chi connectivity index (χ4v) is 8.86. The van der Waals surface area contributed by atoms with E-state index in [0.717, 1.165) is 28.7 Å². The number of amides is 4. The predicted octanol–water partition coefficient (Wildman–Crippen LogP) is 6.60. The zero-order valence-electron chi connectivity index (χ0n) is 31.0. The van der Waals surface area contributed by atoms with Crippen molar-refractivity contribution in [3.63, 3.8) is 0 Å². The lowest BCUT2D eigenvalue weighted by atomic mass is 9.96. The van der Waals surface area contributed by atoms with Crippen molar-refractivity contribution in [1.82, 2.24) is 24.9 Å². The SMILES string of the molecule is Cc1cc(C)cc(C(=O)N2CCN(C(=O)CN[C@@H]3C[C@H]4C[C@@H]3CN4C(=O)C(Cc3ccccc3)N(C(=O)O)C(C)(C)C)C(c3ccc(Cl)c(Cl)c3)C2)c1. The van der Waals surface area contributed by atoms with Crippen molar-refractivity contribution in [2.24, 2.45) is 5.92 Å². The van der Waals surface area contributed by atoms with E-state index >= 15 is 0 Å². The number of carbonyl (C=O) groups is 4. The first kappa shape index (κ1) is 38.6. The number of piperazine rings is 1. The van der Waals surface area contributed by atoms with Crippen molar-refractivity contribution in [3.05, 3.63) is 105 Å². The van der Waals surface area contributed by atoms with Gasteiger partial charge in [-0.05, 0) is 88.8 Å². The number of aryl methyl sites for hydroxylation is 2. The van der Waals surface area contributed by atoms with Gasteiger partial charge >= 0.3 is 6.09 Å². The first-order valence-corrected chi connectivity index (χ1v) is 19.1. The molecule has 4 amide bonds. The van der Waals surface area contributed by atoms with Gasteiger partial charge in [-0.15, -0.1) is 0 Å². The molecule has 2 N–H and O–H groups in total. The third-order valence-corrected chi connectivity index (χ3v) is 11.7. The fraction of sp³-hybridized carbons (Fsp3) is 0.463. The molecular formula is C41H49Cl2N5O5. The molecular weight excluding hydrogens is 713 g/mol. The minimum absolute atomic E-state index is 0.0367. The van der Waals surface area contributed by atoms with E-state index in [2.05, 4.69) is 5.32 Å². The van der Waals surface area contributed by atoms with Gasteiger partial charge in [-0.3, -0.25) is 19.3 Å². The lowest BCUT2D eigenvalue weighted by Gasteiger charge is -2.43. The number of hydrogen-bond donors (Lipinski definition) is 2. The van der Waals surface area contributed by atoms with Crippen LogP contribution in [0.15, 0.2) is 66.7 Å². The molecule has 2 aliphatic heterocycles. The van der Waals surface area contributed by atoms with Gasteiger partial charge in [-0.1, -0.05) is 76.8 Å². The zero-order chi connectivity index (χ0) is 38.2. The summed E-state index contributed by atoms with van der Waals surface area (Å²) in [5, 5.41) is 14.6. The van der Waals surface area contributed by atoms with Gasteiger partial charge in [0.1, 0.15) is 6.04 Å². The van der Waals surface area contributed by atoms with Crippen LogP contribution in [0.1, 0.15) is 72.3 Å². The minimum atomic E-state index is -1.12. The molecule has 12 heteroatoms. The Morgan fingerprint density at radius 1 is 0.887 bits per heavy atom. The van der Waals surface area contributed by atoms with Crippen molar-refractivity contribution < 1.29 is 24.3 Å². The van der Waals surface area contributed by atoms with Crippen LogP contribution in [0.25, 0.3) is 0 Å². The largest absolute Gasteiger partial charge is 0.465 e. The van der Waals surface area contributed by atoms with E-state index in [1.165, 1.54) is 4.90 Å². The number of likely N-dealkylation sites (tertiary alicyclic amines) is 1. The molecule has 3 aliphatic rings. The topological polar surface area (TPSA) is 114 Å². The van der Waals surface area contributed by atoms with Crippen LogP contribution in [-0.4, -0.2) is 105 Å². The molecule has 3 aromatic rings. The molecule has 0 radical (unpaired) electrons. The molecule has 3 aromatic carbocycles. The molecule has 2 saturated heterocycles. The third-order valence-electron chi connectivity index (χ3n) is 10.9. The Labute approximate surface area is 322 Å². The van der Waals surface area contributed by atoms with Crippen LogP contribution in [0.4, 0.5) is 4.79 Å². The monoisotopic (exact) mass is 761 g/mol. The highest BCUT2D eigenvalue weighted by molar-refractivity contribution is 6.42. The number of hydrogen-bond acceptors (Lipinski definition) is 5. The number of halogens is 2. The molecule has 3 fully saturated rings. The summed E-state index contributed by atoms with van der Waals surface area (Å²) in [4.78, 5) is 61.2. The second-order valence-electron chi connectivity index (χ2n) is 15.8. The molecule has 2 heterocycles. The third kappa shape index (κ3) is 8.50. The van der Waals surface area contributed by atoms with Gasteiger partial charge in [0, 0.05) is 55.8 Å². The maximum absolute atomic E-state index is 14.2. The second kappa shape index (κ2) is 15.7. The van der Waals surface area contributed by atoms with E-state index in [1.54, 1.807) is 17.0 Å². The first-order valence-electron chi connectivity index (χ1n) is 18.3. The quantitative estimate of drug-likeness (QED) is 0.254. The summed E-state index contributed by atoms with van der Waals surface area (Å²) >= 11 is 12.7. The average Bonchev–Trinajstić information content (AvgIpc) is 3.71. The molecule has 0 spiro atoms. The fourth-order valence-electron chi connectivity index (χ4n) is 8.55. The van der Waals surface area contributed by atoms with E-state index in [-0.39, 0.29) is 48.7 Å². The highest BCUT2D eigenvalue weighted by Crippen LogP contribution is 2.39. The summed E-state index contributed by atoms with van der Waals surface area (Å²) in [6.07, 6.45) is 0.641. The molecule has 0 aromatic heterocycles. The number of piperidine rings is 1. The smallest absolute Gasteiger partial charge is 0.408 e. The van der Waals surface area contributed by atoms with Crippen LogP contribution < -0.4 is 5.32 Å². The number of benzene rings is 3. The number of carboxylic acid groups (broad SMARTS) is 1. The van der Waals surface area contributed by atoms with Gasteiger partial charge in [0.05, 0.1) is 22.6 Å². The Hall–Kier alpha value is -4.12. The molecule has 6 rings (SSSR count). The number of nitrogens with one attached hydrogen (secondary N) is 1. The Morgan fingerprint density at radius 3 is 2.19 bits per heavy atom. The summed E-state index contributed by atoms with van der Waals surface area (Å²) in [7, 11) is 0. The zero-order valence-corrected chi connectivity index (χ0v) is 32.5. The predicted molar refractivity (Wildman–Crippen MR) is 206 cm³/mol. The van der Waals surface area contributed by atoms with Crippen LogP contribution in [-0.2, 0) is 16.0 Å². The summed E-state index contributed by atoms with van der Waals surface area (Å²) < 4.78 is 0. The molecule has 53 heavy (non-hydrogen) atoms. The average molecular weight is 763 g/mol. The van der Waals surface area contributed by atoms with E-state index in [9.17, 15) is 24.3 Å². The van der Waals surface area contributed by atoms with Crippen molar-refractivity contribution in [2.45, 2.75) is 83.6 Å². The van der Waals surface area contributed by atoms with E-state index in [0.29, 0.717) is 48.2 Å². The molecule has 2 bridgehead atoms. The van der Waals surface area contributed by atoms with E-state index in [1.807, 2.05) is 99.0 Å². The Kier molecular flexibility index (Phi) is 11.4. The van der Waals surface area contributed by atoms with Gasteiger partial charge in [-0.25, -0.2) is 4.79 Å². The van der Waals surface area contributed by atoms with Crippen LogP contribution in [0.2, 0.25) is 10.0 Å². The van der Waals surface area contributed by atoms with Gasteiger partial charge < -0.3 is 25.1 Å². The van der Waals surface area contributed by atoms with Gasteiger partial charge in [0.2, 0.25) is 11.8 Å². The van der Waals surface area contributed by atoms with Crippen LogP contribution in [0, 0.1) is 19.8 Å². The molecule has 1 saturated carbocycles. The van der Waals surface area contributed by atoms with E-state index < -0.39 is 23.7 Å². The Bertz CT molecular complexity index is 1850. The first-order chi connectivity index (χ1) is 25.1. The highest BCUT2D eigenvalue weighted by Gasteiger charge is 2.50. The number of carbonyl (C=O) groups excluding carboxylic acids is 3. The van der Waals surface area contributed by atoms with Crippen LogP contribution in [0.3, 0.4) is 0 Å². The van der Waals surface area contributed by atoms with Gasteiger partial charge in [-0.2, -0.15) is 0 Å². The van der Waals surface area contributed by atoms with Crippen LogP contribution in [0.5, 0.6) is 0 Å². The lowest BCUT2D eigenvalue weighted by molar-refractivity contribution is -0.140.